The molecule has 4 amide bonds. The summed E-state index contributed by atoms with van der Waals surface area (Å²) in [4.78, 5) is 64.0. The molecule has 0 aromatic rings. The monoisotopic (exact) mass is 519 g/mol. The molecule has 0 aliphatic rings. The molecule has 0 saturated heterocycles. The second-order valence-electron chi connectivity index (χ2n) is 7.71. The first kappa shape index (κ1) is 31.9. The third-order valence-electron chi connectivity index (χ3n) is 4.71. The van der Waals surface area contributed by atoms with Gasteiger partial charge in [-0.05, 0) is 38.6 Å². The number of aliphatic imine (C=N–C) groups is 1. The summed E-state index contributed by atoms with van der Waals surface area (Å²) in [6.45, 7) is 0.539. The highest BCUT2D eigenvalue weighted by molar-refractivity contribution is 7.80. The Labute approximate surface area is 208 Å². The number of carboxylic acids is 1. The number of nitrogens with two attached hydrogens (primary N) is 5. The van der Waals surface area contributed by atoms with E-state index in [2.05, 4.69) is 33.6 Å². The Morgan fingerprint density at radius 1 is 0.829 bits per heavy atom. The number of nitrogens with one attached hydrogen (secondary N) is 3. The molecule has 0 rings (SSSR count). The topological polar surface area (TPSA) is 284 Å². The zero-order chi connectivity index (χ0) is 27.0. The minimum absolute atomic E-state index is 0.0500. The molecule has 0 bridgehead atoms. The van der Waals surface area contributed by atoms with Crippen molar-refractivity contribution in [3.63, 3.8) is 0 Å². The van der Waals surface area contributed by atoms with E-state index in [0.29, 0.717) is 25.8 Å². The van der Waals surface area contributed by atoms with Crippen LogP contribution in [0, 0.1) is 0 Å². The van der Waals surface area contributed by atoms with Crippen molar-refractivity contribution in [2.45, 2.75) is 62.7 Å². The van der Waals surface area contributed by atoms with Crippen molar-refractivity contribution in [1.29, 1.82) is 0 Å². The molecular formula is C19H37N9O6S. The third kappa shape index (κ3) is 14.0. The Morgan fingerprint density at radius 2 is 1.37 bits per heavy atom. The van der Waals surface area contributed by atoms with E-state index in [0.717, 1.165) is 0 Å². The standard InChI is InChI=1S/C19H37N9O6S/c20-6-2-1-4-11(16(31)27-12(18(33)34)5-3-7-25-19(23)24)26-17(32)13(9-35)28-15(30)10(21)8-14(22)29/h10-13,35H,1-9,20-21H2,(H2,22,29)(H,26,32)(H,27,31)(H,28,30)(H,33,34)(H4,23,24,25). The quantitative estimate of drug-likeness (QED) is 0.0361. The number of nitrogens with zero attached hydrogens (tertiary/aromatic N) is 1. The molecule has 0 aliphatic carbocycles. The largest absolute Gasteiger partial charge is 0.480 e. The Balaban J connectivity index is 5.28. The van der Waals surface area contributed by atoms with E-state index in [-0.39, 0.29) is 31.1 Å². The number of aliphatic carboxylic acids is 1. The number of unbranched alkanes of at least 4 members (excludes halogenated alkanes) is 1. The highest BCUT2D eigenvalue weighted by atomic mass is 32.1. The average molecular weight is 520 g/mol. The Kier molecular flexibility index (Phi) is 15.8. The van der Waals surface area contributed by atoms with E-state index < -0.39 is 60.2 Å². The maximum absolute atomic E-state index is 12.8. The lowest BCUT2D eigenvalue weighted by molar-refractivity contribution is -0.142. The molecule has 0 aromatic heterocycles. The maximum Gasteiger partial charge on any atom is 0.326 e. The van der Waals surface area contributed by atoms with Gasteiger partial charge in [0, 0.05) is 12.3 Å². The van der Waals surface area contributed by atoms with Gasteiger partial charge < -0.3 is 49.7 Å². The summed E-state index contributed by atoms with van der Waals surface area (Å²) in [6, 6.07) is -4.78. The van der Waals surface area contributed by atoms with Crippen molar-refractivity contribution in [2.75, 3.05) is 18.8 Å². The number of hydrogen-bond donors (Lipinski definition) is 10. The first-order valence-corrected chi connectivity index (χ1v) is 11.6. The molecule has 4 unspecified atom stereocenters. The fourth-order valence-electron chi connectivity index (χ4n) is 2.85. The lowest BCUT2D eigenvalue weighted by Crippen LogP contribution is -2.57. The molecule has 15 nitrogen and oxygen atoms in total. The van der Waals surface area contributed by atoms with E-state index in [9.17, 15) is 29.1 Å². The predicted octanol–water partition coefficient (Wildman–Crippen LogP) is -4.16. The van der Waals surface area contributed by atoms with Crippen LogP contribution in [0.25, 0.3) is 0 Å². The molecule has 35 heavy (non-hydrogen) atoms. The Bertz CT molecular complexity index is 763. The molecule has 200 valence electrons. The molecule has 0 aliphatic heterocycles. The van der Waals surface area contributed by atoms with Gasteiger partial charge in [-0.2, -0.15) is 12.6 Å². The zero-order valence-electron chi connectivity index (χ0n) is 19.4. The van der Waals surface area contributed by atoms with Gasteiger partial charge in [-0.25, -0.2) is 4.79 Å². The van der Waals surface area contributed by atoms with Crippen LogP contribution in [0.2, 0.25) is 0 Å². The van der Waals surface area contributed by atoms with Crippen LogP contribution >= 0.6 is 12.6 Å². The van der Waals surface area contributed by atoms with Crippen LogP contribution < -0.4 is 44.6 Å². The second kappa shape index (κ2) is 17.3. The number of carboxylic acid groups (broad SMARTS) is 1. The normalized spacial score (nSPS) is 14.0. The predicted molar refractivity (Wildman–Crippen MR) is 132 cm³/mol. The van der Waals surface area contributed by atoms with Crippen molar-refractivity contribution in [1.82, 2.24) is 16.0 Å². The maximum atomic E-state index is 12.8. The minimum Gasteiger partial charge on any atom is -0.480 e. The van der Waals surface area contributed by atoms with Crippen LogP contribution in [0.3, 0.4) is 0 Å². The molecule has 0 saturated carbocycles. The molecule has 0 fully saturated rings. The number of guanidine groups is 1. The Hall–Kier alpha value is -3.11. The van der Waals surface area contributed by atoms with Gasteiger partial charge in [-0.3, -0.25) is 24.2 Å². The lowest BCUT2D eigenvalue weighted by Gasteiger charge is -2.24. The summed E-state index contributed by atoms with van der Waals surface area (Å²) in [7, 11) is 0. The number of rotatable bonds is 18. The number of carbonyl (C=O) groups is 5. The molecule has 4 atom stereocenters. The van der Waals surface area contributed by atoms with E-state index >= 15 is 0 Å². The van der Waals surface area contributed by atoms with Gasteiger partial charge in [0.2, 0.25) is 23.6 Å². The van der Waals surface area contributed by atoms with Crippen molar-refractivity contribution >= 4 is 48.2 Å². The molecular weight excluding hydrogens is 482 g/mol. The fourth-order valence-corrected chi connectivity index (χ4v) is 3.11. The SMILES string of the molecule is NCCCCC(NC(=O)C(CS)NC(=O)C(N)CC(N)=O)C(=O)NC(CCCN=C(N)N)C(=O)O. The van der Waals surface area contributed by atoms with Gasteiger partial charge in [-0.15, -0.1) is 0 Å². The third-order valence-corrected chi connectivity index (χ3v) is 5.08. The average Bonchev–Trinajstić information content (AvgIpc) is 2.77. The lowest BCUT2D eigenvalue weighted by atomic mass is 10.1. The van der Waals surface area contributed by atoms with E-state index in [4.69, 9.17) is 28.7 Å². The first-order valence-electron chi connectivity index (χ1n) is 11.0. The molecule has 16 heteroatoms. The summed E-state index contributed by atoms with van der Waals surface area (Å²) in [6.07, 6.45) is 1.13. The van der Waals surface area contributed by atoms with Gasteiger partial charge >= 0.3 is 5.97 Å². The first-order chi connectivity index (χ1) is 16.4. The van der Waals surface area contributed by atoms with Gasteiger partial charge in [0.05, 0.1) is 12.5 Å². The summed E-state index contributed by atoms with van der Waals surface area (Å²) >= 11 is 4.04. The molecule has 0 radical (unpaired) electrons. The smallest absolute Gasteiger partial charge is 0.326 e. The van der Waals surface area contributed by atoms with Crippen LogP contribution in [-0.4, -0.2) is 83.7 Å². The number of hydrogen-bond acceptors (Lipinski definition) is 9. The van der Waals surface area contributed by atoms with Gasteiger partial charge in [0.25, 0.3) is 0 Å². The van der Waals surface area contributed by atoms with Crippen LogP contribution in [0.4, 0.5) is 0 Å². The fraction of sp³-hybridized carbons (Fsp3) is 0.684. The van der Waals surface area contributed by atoms with Gasteiger partial charge in [0.15, 0.2) is 5.96 Å². The molecule has 0 aromatic carbocycles. The van der Waals surface area contributed by atoms with Gasteiger partial charge in [0.1, 0.15) is 18.1 Å². The van der Waals surface area contributed by atoms with Crippen molar-refractivity contribution in [3.8, 4) is 0 Å². The zero-order valence-corrected chi connectivity index (χ0v) is 20.3. The number of amides is 4. The minimum atomic E-state index is -1.26. The highest BCUT2D eigenvalue weighted by Crippen LogP contribution is 2.05. The van der Waals surface area contributed by atoms with E-state index in [1.165, 1.54) is 0 Å². The summed E-state index contributed by atoms with van der Waals surface area (Å²) in [5.41, 5.74) is 26.6. The van der Waals surface area contributed by atoms with Crippen LogP contribution in [0.15, 0.2) is 4.99 Å². The van der Waals surface area contributed by atoms with Crippen LogP contribution in [0.5, 0.6) is 0 Å². The van der Waals surface area contributed by atoms with Crippen molar-refractivity contribution in [3.05, 3.63) is 0 Å². The number of thiol groups is 1. The summed E-state index contributed by atoms with van der Waals surface area (Å²) in [5, 5.41) is 16.7. The van der Waals surface area contributed by atoms with Crippen LogP contribution in [0.1, 0.15) is 38.5 Å². The molecule has 0 spiro atoms. The van der Waals surface area contributed by atoms with Crippen molar-refractivity contribution in [2.24, 2.45) is 33.7 Å². The second-order valence-corrected chi connectivity index (χ2v) is 8.08. The number of carbonyl (C=O) groups excluding carboxylic acids is 4. The molecule has 14 N–H and O–H groups in total. The highest BCUT2D eigenvalue weighted by Gasteiger charge is 2.29. The Morgan fingerprint density at radius 3 is 1.89 bits per heavy atom. The molecule has 0 heterocycles. The van der Waals surface area contributed by atoms with E-state index in [1.54, 1.807) is 0 Å². The van der Waals surface area contributed by atoms with E-state index in [1.807, 2.05) is 0 Å². The summed E-state index contributed by atoms with van der Waals surface area (Å²) in [5.74, 6) is -4.59. The van der Waals surface area contributed by atoms with Crippen LogP contribution in [-0.2, 0) is 24.0 Å². The summed E-state index contributed by atoms with van der Waals surface area (Å²) < 4.78 is 0. The number of primary amides is 1. The van der Waals surface area contributed by atoms with Gasteiger partial charge in [-0.1, -0.05) is 0 Å². The van der Waals surface area contributed by atoms with Crippen molar-refractivity contribution < 1.29 is 29.1 Å².